The minimum atomic E-state index is -0.153. The summed E-state index contributed by atoms with van der Waals surface area (Å²) in [5, 5.41) is 17.9. The molecule has 0 aliphatic carbocycles. The monoisotopic (exact) mass is 276 g/mol. The number of hydrogen-bond donors (Lipinski definition) is 0. The van der Waals surface area contributed by atoms with Crippen LogP contribution in [0.1, 0.15) is 20.8 Å². The van der Waals surface area contributed by atoms with Crippen LogP contribution in [0.4, 0.5) is 0 Å². The topological polar surface area (TPSA) is 67.6 Å². The first kappa shape index (κ1) is 13.7. The van der Waals surface area contributed by atoms with Crippen LogP contribution in [0.3, 0.4) is 0 Å². The third-order valence-corrected chi connectivity index (χ3v) is 3.44. The summed E-state index contributed by atoms with van der Waals surface area (Å²) in [6.07, 6.45) is 1.62. The van der Waals surface area contributed by atoms with Gasteiger partial charge in [-0.2, -0.15) is 5.26 Å². The van der Waals surface area contributed by atoms with Crippen molar-refractivity contribution >= 4 is 11.8 Å². The Morgan fingerprint density at radius 3 is 2.79 bits per heavy atom. The van der Waals surface area contributed by atoms with Crippen LogP contribution < -0.4 is 0 Å². The maximum atomic E-state index is 8.91. The molecule has 5 nitrogen and oxygen atoms in total. The van der Waals surface area contributed by atoms with Crippen LogP contribution >= 0.6 is 11.8 Å². The molecule has 0 saturated carbocycles. The molecule has 0 amide bonds. The molecule has 100 valence electrons. The van der Waals surface area contributed by atoms with Crippen LogP contribution in [0.2, 0.25) is 0 Å². The minimum Gasteiger partial charge on any atom is -0.461 e. The molecule has 1 unspecified atom stereocenters. The van der Waals surface area contributed by atoms with Gasteiger partial charge < -0.3 is 4.42 Å². The van der Waals surface area contributed by atoms with Crippen molar-refractivity contribution in [3.05, 3.63) is 18.4 Å². The van der Waals surface area contributed by atoms with Gasteiger partial charge in [0.1, 0.15) is 0 Å². The zero-order valence-electron chi connectivity index (χ0n) is 11.2. The smallest absolute Gasteiger partial charge is 0.200 e. The maximum absolute atomic E-state index is 8.91. The lowest BCUT2D eigenvalue weighted by molar-refractivity contribution is 0.489. The number of aromatic nitrogens is 3. The number of rotatable bonds is 5. The summed E-state index contributed by atoms with van der Waals surface area (Å²) in [6.45, 7) is 6.91. The first-order valence-electron chi connectivity index (χ1n) is 6.15. The molecule has 0 N–H and O–H groups in total. The van der Waals surface area contributed by atoms with Gasteiger partial charge in [0.25, 0.3) is 0 Å². The lowest BCUT2D eigenvalue weighted by Crippen LogP contribution is -2.08. The van der Waals surface area contributed by atoms with Gasteiger partial charge in [-0.3, -0.25) is 4.57 Å². The summed E-state index contributed by atoms with van der Waals surface area (Å²) >= 11 is 1.42. The number of hydrogen-bond acceptors (Lipinski definition) is 5. The molecule has 2 heterocycles. The fourth-order valence-corrected chi connectivity index (χ4v) is 2.42. The summed E-state index contributed by atoms with van der Waals surface area (Å²) < 4.78 is 7.40. The van der Waals surface area contributed by atoms with Crippen LogP contribution in [0, 0.1) is 17.2 Å². The van der Waals surface area contributed by atoms with E-state index in [0.29, 0.717) is 17.5 Å². The Balaban J connectivity index is 2.37. The van der Waals surface area contributed by atoms with Gasteiger partial charge in [-0.1, -0.05) is 25.6 Å². The Kier molecular flexibility index (Phi) is 4.27. The summed E-state index contributed by atoms with van der Waals surface area (Å²) in [6, 6.07) is 5.89. The van der Waals surface area contributed by atoms with Crippen molar-refractivity contribution in [1.82, 2.24) is 14.8 Å². The minimum absolute atomic E-state index is 0.153. The first-order valence-corrected chi connectivity index (χ1v) is 7.03. The predicted molar refractivity (Wildman–Crippen MR) is 73.5 cm³/mol. The van der Waals surface area contributed by atoms with E-state index >= 15 is 0 Å². The van der Waals surface area contributed by atoms with Crippen molar-refractivity contribution in [3.63, 3.8) is 0 Å². The van der Waals surface area contributed by atoms with Crippen LogP contribution in [0.5, 0.6) is 0 Å². The third kappa shape index (κ3) is 3.18. The van der Waals surface area contributed by atoms with Crippen molar-refractivity contribution in [2.45, 2.75) is 37.7 Å². The Labute approximate surface area is 116 Å². The second kappa shape index (κ2) is 5.93. The Morgan fingerprint density at radius 2 is 2.21 bits per heavy atom. The van der Waals surface area contributed by atoms with Crippen molar-refractivity contribution in [2.75, 3.05) is 0 Å². The largest absolute Gasteiger partial charge is 0.461 e. The van der Waals surface area contributed by atoms with E-state index < -0.39 is 0 Å². The number of nitriles is 1. The molecule has 2 aromatic rings. The summed E-state index contributed by atoms with van der Waals surface area (Å²) in [7, 11) is 0. The molecule has 6 heteroatoms. The highest BCUT2D eigenvalue weighted by Gasteiger charge is 2.18. The molecule has 0 radical (unpaired) electrons. The van der Waals surface area contributed by atoms with E-state index in [1.807, 2.05) is 23.6 Å². The van der Waals surface area contributed by atoms with Crippen molar-refractivity contribution in [2.24, 2.45) is 5.92 Å². The van der Waals surface area contributed by atoms with E-state index in [1.165, 1.54) is 11.8 Å². The number of thioether (sulfide) groups is 1. The van der Waals surface area contributed by atoms with E-state index in [9.17, 15) is 0 Å². The van der Waals surface area contributed by atoms with Crippen molar-refractivity contribution < 1.29 is 4.42 Å². The Bertz CT molecular complexity index is 568. The molecule has 0 bridgehead atoms. The van der Waals surface area contributed by atoms with Gasteiger partial charge in [0.05, 0.1) is 17.6 Å². The molecule has 0 saturated heterocycles. The average molecular weight is 276 g/mol. The highest BCUT2D eigenvalue weighted by molar-refractivity contribution is 8.00. The molecule has 2 aromatic heterocycles. The molecular weight excluding hydrogens is 260 g/mol. The summed E-state index contributed by atoms with van der Waals surface area (Å²) in [5.41, 5.74) is 0. The molecule has 0 spiro atoms. The second-order valence-corrected chi connectivity index (χ2v) is 5.99. The van der Waals surface area contributed by atoms with E-state index in [4.69, 9.17) is 9.68 Å². The molecule has 2 rings (SSSR count). The Morgan fingerprint density at radius 1 is 1.42 bits per heavy atom. The van der Waals surface area contributed by atoms with Gasteiger partial charge in [0.2, 0.25) is 0 Å². The molecular formula is C13H16N4OS. The fraction of sp³-hybridized carbons (Fsp3) is 0.462. The summed E-state index contributed by atoms with van der Waals surface area (Å²) in [5.74, 6) is 1.87. The van der Waals surface area contributed by atoms with Crippen LogP contribution in [0.25, 0.3) is 11.6 Å². The lowest BCUT2D eigenvalue weighted by atomic mass is 10.2. The second-order valence-electron chi connectivity index (χ2n) is 4.68. The molecule has 0 aromatic carbocycles. The molecule has 19 heavy (non-hydrogen) atoms. The number of furan rings is 1. The van der Waals surface area contributed by atoms with Crippen LogP contribution in [0.15, 0.2) is 28.0 Å². The third-order valence-electron chi connectivity index (χ3n) is 2.47. The molecule has 0 aliphatic rings. The highest BCUT2D eigenvalue weighted by atomic mass is 32.2. The standard InChI is InChI=1S/C13H16N4OS/c1-9(2)8-17-12(11-5-4-6-18-11)15-16-13(17)19-10(3)7-14/h4-6,9-10H,8H2,1-3H3. The van der Waals surface area contributed by atoms with Gasteiger partial charge >= 0.3 is 0 Å². The van der Waals surface area contributed by atoms with Gasteiger partial charge in [0.15, 0.2) is 16.7 Å². The fourth-order valence-electron chi connectivity index (χ4n) is 1.68. The quantitative estimate of drug-likeness (QED) is 0.784. The molecule has 1 atom stereocenters. The van der Waals surface area contributed by atoms with Gasteiger partial charge in [-0.15, -0.1) is 10.2 Å². The molecule has 0 aliphatic heterocycles. The Hall–Kier alpha value is -1.74. The van der Waals surface area contributed by atoms with Crippen LogP contribution in [-0.2, 0) is 6.54 Å². The lowest BCUT2D eigenvalue weighted by Gasteiger charge is -2.11. The average Bonchev–Trinajstić information content (AvgIpc) is 2.99. The van der Waals surface area contributed by atoms with E-state index in [0.717, 1.165) is 11.7 Å². The summed E-state index contributed by atoms with van der Waals surface area (Å²) in [4.78, 5) is 0. The van der Waals surface area contributed by atoms with Crippen LogP contribution in [-0.4, -0.2) is 20.0 Å². The van der Waals surface area contributed by atoms with Crippen molar-refractivity contribution in [1.29, 1.82) is 5.26 Å². The number of nitrogens with zero attached hydrogens (tertiary/aromatic N) is 4. The maximum Gasteiger partial charge on any atom is 0.200 e. The van der Waals surface area contributed by atoms with Gasteiger partial charge in [-0.25, -0.2) is 0 Å². The normalized spacial score (nSPS) is 12.6. The van der Waals surface area contributed by atoms with Gasteiger partial charge in [0, 0.05) is 6.54 Å². The predicted octanol–water partition coefficient (Wildman–Crippen LogP) is 3.20. The van der Waals surface area contributed by atoms with Crippen molar-refractivity contribution in [3.8, 4) is 17.7 Å². The van der Waals surface area contributed by atoms with E-state index in [-0.39, 0.29) is 5.25 Å². The van der Waals surface area contributed by atoms with E-state index in [1.54, 1.807) is 6.26 Å². The highest BCUT2D eigenvalue weighted by Crippen LogP contribution is 2.27. The SMILES string of the molecule is CC(C)Cn1c(SC(C)C#N)nnc1-c1ccco1. The van der Waals surface area contributed by atoms with Gasteiger partial charge in [-0.05, 0) is 25.0 Å². The van der Waals surface area contributed by atoms with E-state index in [2.05, 4.69) is 30.1 Å². The zero-order valence-corrected chi connectivity index (χ0v) is 12.0. The zero-order chi connectivity index (χ0) is 13.8. The molecule has 0 fully saturated rings. The first-order chi connectivity index (χ1) is 9.11.